The fraction of sp³-hybridized carbons (Fsp3) is 0.800. The first-order valence-corrected chi connectivity index (χ1v) is 5.54. The van der Waals surface area contributed by atoms with Crippen molar-refractivity contribution in [2.75, 3.05) is 26.4 Å². The molecule has 0 spiro atoms. The molecule has 0 saturated carbocycles. The molecule has 1 aliphatic heterocycles. The van der Waals surface area contributed by atoms with Crippen LogP contribution in [0.25, 0.3) is 0 Å². The van der Waals surface area contributed by atoms with E-state index in [1.165, 1.54) is 0 Å². The molecule has 110 valence electrons. The van der Waals surface area contributed by atoms with Gasteiger partial charge >= 0.3 is 18.2 Å². The Balaban J connectivity index is 2.44. The second-order valence-electron chi connectivity index (χ2n) is 4.24. The molecule has 1 saturated heterocycles. The molecule has 0 aromatic carbocycles. The quantitative estimate of drug-likeness (QED) is 0.809. The van der Waals surface area contributed by atoms with Gasteiger partial charge in [-0.3, -0.25) is 4.79 Å². The van der Waals surface area contributed by atoms with Gasteiger partial charge in [-0.2, -0.15) is 13.2 Å². The van der Waals surface area contributed by atoms with Crippen LogP contribution in [-0.2, 0) is 14.3 Å². The summed E-state index contributed by atoms with van der Waals surface area (Å²) in [4.78, 5) is 22.2. The molecule has 0 aromatic heterocycles. The normalized spacial score (nSPS) is 18.7. The van der Waals surface area contributed by atoms with Gasteiger partial charge < -0.3 is 19.9 Å². The number of amides is 1. The van der Waals surface area contributed by atoms with Crippen molar-refractivity contribution < 1.29 is 37.3 Å². The fourth-order valence-corrected chi connectivity index (χ4v) is 1.67. The molecular weight excluding hydrogens is 271 g/mol. The second-order valence-corrected chi connectivity index (χ2v) is 4.24. The molecule has 0 atom stereocenters. The lowest BCUT2D eigenvalue weighted by Gasteiger charge is -2.32. The van der Waals surface area contributed by atoms with Crippen molar-refractivity contribution in [2.24, 2.45) is 5.41 Å². The third-order valence-corrected chi connectivity index (χ3v) is 2.84. The molecule has 0 unspecified atom stereocenters. The molecule has 6 nitrogen and oxygen atoms in total. The fourth-order valence-electron chi connectivity index (χ4n) is 1.67. The van der Waals surface area contributed by atoms with Gasteiger partial charge in [-0.1, -0.05) is 0 Å². The number of alkyl carbamates (subject to hydrolysis) is 1. The Labute approximate surface area is 106 Å². The Bertz CT molecular complexity index is 339. The number of carbonyl (C=O) groups is 2. The highest BCUT2D eigenvalue weighted by Gasteiger charge is 2.40. The Morgan fingerprint density at radius 3 is 2.37 bits per heavy atom. The summed E-state index contributed by atoms with van der Waals surface area (Å²) in [6, 6.07) is 0. The summed E-state index contributed by atoms with van der Waals surface area (Å²) in [7, 11) is 0. The SMILES string of the molecule is O=C(NCC1(C(=O)O)CCOCC1)OCC(F)(F)F. The molecule has 1 rings (SSSR count). The maximum Gasteiger partial charge on any atom is 0.422 e. The Morgan fingerprint density at radius 1 is 1.32 bits per heavy atom. The minimum atomic E-state index is -4.61. The molecule has 1 fully saturated rings. The largest absolute Gasteiger partial charge is 0.481 e. The minimum Gasteiger partial charge on any atom is -0.481 e. The van der Waals surface area contributed by atoms with Gasteiger partial charge in [0.25, 0.3) is 0 Å². The number of halogens is 3. The molecule has 1 heterocycles. The van der Waals surface area contributed by atoms with E-state index >= 15 is 0 Å². The molecule has 2 N–H and O–H groups in total. The number of hydrogen-bond donors (Lipinski definition) is 2. The summed E-state index contributed by atoms with van der Waals surface area (Å²) in [5.41, 5.74) is -1.21. The summed E-state index contributed by atoms with van der Waals surface area (Å²) in [5.74, 6) is -1.12. The minimum absolute atomic E-state index is 0.182. The molecule has 0 aliphatic carbocycles. The van der Waals surface area contributed by atoms with E-state index in [-0.39, 0.29) is 32.6 Å². The van der Waals surface area contributed by atoms with Gasteiger partial charge in [0.15, 0.2) is 6.61 Å². The van der Waals surface area contributed by atoms with Crippen molar-refractivity contribution in [1.29, 1.82) is 0 Å². The van der Waals surface area contributed by atoms with Crippen LogP contribution in [0.15, 0.2) is 0 Å². The number of alkyl halides is 3. The van der Waals surface area contributed by atoms with Gasteiger partial charge in [-0.25, -0.2) is 4.79 Å². The molecule has 1 amide bonds. The Morgan fingerprint density at radius 2 is 1.89 bits per heavy atom. The van der Waals surface area contributed by atoms with Gasteiger partial charge in [0.1, 0.15) is 0 Å². The first kappa shape index (κ1) is 15.5. The third kappa shape index (κ3) is 4.93. The Kier molecular flexibility index (Phi) is 4.98. The van der Waals surface area contributed by atoms with Gasteiger partial charge in [-0.15, -0.1) is 0 Å². The van der Waals surface area contributed by atoms with Crippen molar-refractivity contribution >= 4 is 12.1 Å². The number of hydrogen-bond acceptors (Lipinski definition) is 4. The lowest BCUT2D eigenvalue weighted by atomic mass is 9.80. The van der Waals surface area contributed by atoms with Crippen molar-refractivity contribution in [1.82, 2.24) is 5.32 Å². The number of carbonyl (C=O) groups excluding carboxylic acids is 1. The van der Waals surface area contributed by atoms with E-state index in [1.54, 1.807) is 0 Å². The summed E-state index contributed by atoms with van der Waals surface area (Å²) in [6.45, 7) is -1.54. The highest BCUT2D eigenvalue weighted by Crippen LogP contribution is 2.30. The van der Waals surface area contributed by atoms with Gasteiger partial charge in [-0.05, 0) is 12.8 Å². The zero-order chi connectivity index (χ0) is 14.5. The standard InChI is InChI=1S/C10H14F3NO5/c11-10(12,13)6-19-8(17)14-5-9(7(15)16)1-3-18-4-2-9/h1-6H2,(H,14,17)(H,15,16). The van der Waals surface area contributed by atoms with E-state index in [9.17, 15) is 22.8 Å². The summed E-state index contributed by atoms with van der Waals surface area (Å²) in [6.07, 6.45) is -5.53. The first-order chi connectivity index (χ1) is 8.75. The molecule has 0 bridgehead atoms. The summed E-state index contributed by atoms with van der Waals surface area (Å²) < 4.78 is 44.3. The number of ether oxygens (including phenoxy) is 2. The van der Waals surface area contributed by atoms with Gasteiger partial charge in [0.05, 0.1) is 5.41 Å². The topological polar surface area (TPSA) is 84.9 Å². The van der Waals surface area contributed by atoms with E-state index in [2.05, 4.69) is 4.74 Å². The van der Waals surface area contributed by atoms with E-state index in [0.717, 1.165) is 0 Å². The van der Waals surface area contributed by atoms with Gasteiger partial charge in [0, 0.05) is 19.8 Å². The maximum atomic E-state index is 11.8. The van der Waals surface area contributed by atoms with Crippen LogP contribution < -0.4 is 5.32 Å². The molecule has 19 heavy (non-hydrogen) atoms. The zero-order valence-corrected chi connectivity index (χ0v) is 9.96. The average Bonchev–Trinajstić information content (AvgIpc) is 2.34. The van der Waals surface area contributed by atoms with Crippen LogP contribution in [0.2, 0.25) is 0 Å². The van der Waals surface area contributed by atoms with Crippen molar-refractivity contribution in [2.45, 2.75) is 19.0 Å². The summed E-state index contributed by atoms with van der Waals surface area (Å²) in [5, 5.41) is 11.2. The van der Waals surface area contributed by atoms with Crippen LogP contribution >= 0.6 is 0 Å². The number of nitrogens with one attached hydrogen (secondary N) is 1. The van der Waals surface area contributed by atoms with E-state index in [0.29, 0.717) is 0 Å². The predicted molar refractivity (Wildman–Crippen MR) is 55.5 cm³/mol. The summed E-state index contributed by atoms with van der Waals surface area (Å²) >= 11 is 0. The molecule has 1 aliphatic rings. The van der Waals surface area contributed by atoms with Crippen LogP contribution in [0.3, 0.4) is 0 Å². The number of carboxylic acid groups (broad SMARTS) is 1. The van der Waals surface area contributed by atoms with Crippen LogP contribution in [0.5, 0.6) is 0 Å². The predicted octanol–water partition coefficient (Wildman–Crippen LogP) is 1.16. The second kappa shape index (κ2) is 6.09. The lowest BCUT2D eigenvalue weighted by Crippen LogP contribution is -2.47. The Hall–Kier alpha value is -1.51. The third-order valence-electron chi connectivity index (χ3n) is 2.84. The van der Waals surface area contributed by atoms with E-state index in [4.69, 9.17) is 9.84 Å². The smallest absolute Gasteiger partial charge is 0.422 e. The maximum absolute atomic E-state index is 11.8. The van der Waals surface area contributed by atoms with Crippen molar-refractivity contribution in [3.05, 3.63) is 0 Å². The van der Waals surface area contributed by atoms with Gasteiger partial charge in [0.2, 0.25) is 0 Å². The van der Waals surface area contributed by atoms with Crippen molar-refractivity contribution in [3.8, 4) is 0 Å². The average molecular weight is 285 g/mol. The molecular formula is C10H14F3NO5. The zero-order valence-electron chi connectivity index (χ0n) is 9.96. The van der Waals surface area contributed by atoms with Crippen LogP contribution in [0.1, 0.15) is 12.8 Å². The lowest BCUT2D eigenvalue weighted by molar-refractivity contribution is -0.161. The monoisotopic (exact) mass is 285 g/mol. The molecule has 0 radical (unpaired) electrons. The highest BCUT2D eigenvalue weighted by molar-refractivity contribution is 5.76. The van der Waals surface area contributed by atoms with Crippen LogP contribution in [0, 0.1) is 5.41 Å². The van der Waals surface area contributed by atoms with E-state index < -0.39 is 30.3 Å². The number of rotatable bonds is 4. The van der Waals surface area contributed by atoms with Crippen LogP contribution in [-0.4, -0.2) is 49.7 Å². The first-order valence-electron chi connectivity index (χ1n) is 5.54. The van der Waals surface area contributed by atoms with E-state index in [1.807, 2.05) is 5.32 Å². The van der Waals surface area contributed by atoms with Crippen LogP contribution in [0.4, 0.5) is 18.0 Å². The molecule has 9 heteroatoms. The number of carboxylic acids is 1. The molecule has 0 aromatic rings. The van der Waals surface area contributed by atoms with Crippen molar-refractivity contribution in [3.63, 3.8) is 0 Å². The highest BCUT2D eigenvalue weighted by atomic mass is 19.4. The number of aliphatic carboxylic acids is 1.